The van der Waals surface area contributed by atoms with Gasteiger partial charge < -0.3 is 15.4 Å². The fourth-order valence-electron chi connectivity index (χ4n) is 2.56. The van der Waals surface area contributed by atoms with E-state index in [2.05, 4.69) is 22.5 Å². The molecule has 0 aromatic heterocycles. The van der Waals surface area contributed by atoms with Crippen LogP contribution >= 0.6 is 0 Å². The second-order valence-corrected chi connectivity index (χ2v) is 5.11. The number of hydrogen-bond donors (Lipinski definition) is 2. The Labute approximate surface area is 104 Å². The third kappa shape index (κ3) is 4.19. The summed E-state index contributed by atoms with van der Waals surface area (Å²) in [6, 6.07) is 0. The van der Waals surface area contributed by atoms with Crippen LogP contribution in [-0.4, -0.2) is 38.3 Å². The highest BCUT2D eigenvalue weighted by molar-refractivity contribution is 5.80. The summed E-state index contributed by atoms with van der Waals surface area (Å²) in [6.07, 6.45) is 6.89. The van der Waals surface area contributed by atoms with Gasteiger partial charge in [0.05, 0.1) is 12.7 Å². The van der Waals surface area contributed by atoms with E-state index in [-0.39, 0.29) is 0 Å². The van der Waals surface area contributed by atoms with Crippen molar-refractivity contribution in [1.82, 2.24) is 10.6 Å². The minimum atomic E-state index is 0.479. The van der Waals surface area contributed by atoms with E-state index >= 15 is 0 Å². The third-order valence-corrected chi connectivity index (χ3v) is 3.66. The van der Waals surface area contributed by atoms with Gasteiger partial charge in [0.25, 0.3) is 0 Å². The Morgan fingerprint density at radius 3 is 3.00 bits per heavy atom. The molecule has 1 aliphatic carbocycles. The number of nitrogens with zero attached hydrogens (tertiary/aromatic N) is 1. The molecule has 17 heavy (non-hydrogen) atoms. The van der Waals surface area contributed by atoms with Crippen molar-refractivity contribution in [3.8, 4) is 0 Å². The van der Waals surface area contributed by atoms with Gasteiger partial charge in [-0.3, -0.25) is 4.99 Å². The van der Waals surface area contributed by atoms with Crippen molar-refractivity contribution in [2.75, 3.05) is 26.2 Å². The smallest absolute Gasteiger partial charge is 0.191 e. The summed E-state index contributed by atoms with van der Waals surface area (Å²) in [4.78, 5) is 4.37. The number of hydrogen-bond acceptors (Lipinski definition) is 4. The summed E-state index contributed by atoms with van der Waals surface area (Å²) in [6.45, 7) is 5.93. The second kappa shape index (κ2) is 6.84. The van der Waals surface area contributed by atoms with Crippen molar-refractivity contribution in [3.63, 3.8) is 0 Å². The lowest BCUT2D eigenvalue weighted by Gasteiger charge is -2.28. The molecule has 2 unspecified atom stereocenters. The Hall–Kier alpha value is -0.770. The predicted octanol–water partition coefficient (Wildman–Crippen LogP) is 1.52. The average Bonchev–Trinajstić information content (AvgIpc) is 2.38. The van der Waals surface area contributed by atoms with Crippen LogP contribution in [0.4, 0.5) is 0 Å². The molecule has 0 saturated heterocycles. The highest BCUT2D eigenvalue weighted by Crippen LogP contribution is 2.25. The van der Waals surface area contributed by atoms with E-state index in [0.717, 1.165) is 44.5 Å². The van der Waals surface area contributed by atoms with Crippen LogP contribution in [0.25, 0.3) is 0 Å². The zero-order valence-corrected chi connectivity index (χ0v) is 10.9. The summed E-state index contributed by atoms with van der Waals surface area (Å²) in [7, 11) is 0. The van der Waals surface area contributed by atoms with Gasteiger partial charge in [-0.1, -0.05) is 19.8 Å². The largest absolute Gasteiger partial charge is 0.376 e. The molecule has 1 fully saturated rings. The molecule has 1 saturated carbocycles. The lowest BCUT2D eigenvalue weighted by Crippen LogP contribution is -2.42. The standard InChI is InChI=1S/C13H25N3O/c1-11-5-2-3-6-12(11)17-10-9-16-13-14-7-4-8-15-13/h11-12H,2-10H2,1H3,(H2,14,15,16). The highest BCUT2D eigenvalue weighted by atomic mass is 16.5. The highest BCUT2D eigenvalue weighted by Gasteiger charge is 2.21. The summed E-state index contributed by atoms with van der Waals surface area (Å²) < 4.78 is 5.94. The molecule has 4 nitrogen and oxygen atoms in total. The van der Waals surface area contributed by atoms with Gasteiger partial charge in [-0.25, -0.2) is 0 Å². The van der Waals surface area contributed by atoms with E-state index in [1.807, 2.05) is 0 Å². The third-order valence-electron chi connectivity index (χ3n) is 3.66. The number of ether oxygens (including phenoxy) is 1. The van der Waals surface area contributed by atoms with Crippen LogP contribution in [-0.2, 0) is 4.74 Å². The molecule has 2 N–H and O–H groups in total. The molecule has 98 valence electrons. The van der Waals surface area contributed by atoms with Crippen molar-refractivity contribution in [1.29, 1.82) is 0 Å². The van der Waals surface area contributed by atoms with Crippen LogP contribution in [0.1, 0.15) is 39.0 Å². The van der Waals surface area contributed by atoms with Gasteiger partial charge in [-0.05, 0) is 25.2 Å². The molecular weight excluding hydrogens is 214 g/mol. The molecule has 0 spiro atoms. The first-order chi connectivity index (χ1) is 8.36. The molecule has 2 aliphatic rings. The zero-order chi connectivity index (χ0) is 11.9. The van der Waals surface area contributed by atoms with Gasteiger partial charge in [-0.15, -0.1) is 0 Å². The predicted molar refractivity (Wildman–Crippen MR) is 70.3 cm³/mol. The second-order valence-electron chi connectivity index (χ2n) is 5.11. The molecule has 0 aromatic rings. The van der Waals surface area contributed by atoms with E-state index in [4.69, 9.17) is 4.74 Å². The van der Waals surface area contributed by atoms with Gasteiger partial charge in [0.1, 0.15) is 0 Å². The van der Waals surface area contributed by atoms with E-state index in [1.54, 1.807) is 0 Å². The molecule has 0 radical (unpaired) electrons. The van der Waals surface area contributed by atoms with Gasteiger partial charge in [-0.2, -0.15) is 0 Å². The maximum absolute atomic E-state index is 5.94. The molecule has 0 aromatic carbocycles. The Bertz CT molecular complexity index is 255. The van der Waals surface area contributed by atoms with Crippen LogP contribution in [0.15, 0.2) is 4.99 Å². The zero-order valence-electron chi connectivity index (χ0n) is 10.9. The lowest BCUT2D eigenvalue weighted by atomic mass is 9.88. The summed E-state index contributed by atoms with van der Waals surface area (Å²) in [5.41, 5.74) is 0. The Balaban J connectivity index is 1.57. The summed E-state index contributed by atoms with van der Waals surface area (Å²) in [5, 5.41) is 6.54. The van der Waals surface area contributed by atoms with Gasteiger partial charge in [0.2, 0.25) is 0 Å². The van der Waals surface area contributed by atoms with Gasteiger partial charge >= 0.3 is 0 Å². The maximum Gasteiger partial charge on any atom is 0.191 e. The molecule has 2 atom stereocenters. The van der Waals surface area contributed by atoms with Crippen molar-refractivity contribution in [3.05, 3.63) is 0 Å². The van der Waals surface area contributed by atoms with Gasteiger partial charge in [0, 0.05) is 19.6 Å². The summed E-state index contributed by atoms with van der Waals surface area (Å²) >= 11 is 0. The lowest BCUT2D eigenvalue weighted by molar-refractivity contribution is -0.00204. The Kier molecular flexibility index (Phi) is 5.10. The minimum Gasteiger partial charge on any atom is -0.376 e. The molecule has 4 heteroatoms. The van der Waals surface area contributed by atoms with Crippen LogP contribution in [0.2, 0.25) is 0 Å². The van der Waals surface area contributed by atoms with Crippen LogP contribution in [0.3, 0.4) is 0 Å². The van der Waals surface area contributed by atoms with E-state index in [0.29, 0.717) is 6.10 Å². The SMILES string of the molecule is CC1CCCCC1OCCNC1=NCCCN1. The van der Waals surface area contributed by atoms with Crippen molar-refractivity contribution < 1.29 is 4.74 Å². The van der Waals surface area contributed by atoms with Crippen LogP contribution in [0.5, 0.6) is 0 Å². The molecule has 0 amide bonds. The molecule has 1 heterocycles. The van der Waals surface area contributed by atoms with Gasteiger partial charge in [0.15, 0.2) is 5.96 Å². The van der Waals surface area contributed by atoms with E-state index in [9.17, 15) is 0 Å². The fourth-order valence-corrected chi connectivity index (χ4v) is 2.56. The Morgan fingerprint density at radius 1 is 1.35 bits per heavy atom. The van der Waals surface area contributed by atoms with Crippen molar-refractivity contribution >= 4 is 5.96 Å². The van der Waals surface area contributed by atoms with Crippen LogP contribution < -0.4 is 10.6 Å². The van der Waals surface area contributed by atoms with E-state index < -0.39 is 0 Å². The minimum absolute atomic E-state index is 0.479. The number of guanidine groups is 1. The van der Waals surface area contributed by atoms with Crippen LogP contribution in [0, 0.1) is 5.92 Å². The van der Waals surface area contributed by atoms with Crippen molar-refractivity contribution in [2.24, 2.45) is 10.9 Å². The van der Waals surface area contributed by atoms with E-state index in [1.165, 1.54) is 25.7 Å². The molecule has 2 rings (SSSR count). The Morgan fingerprint density at radius 2 is 2.24 bits per heavy atom. The molecule has 0 bridgehead atoms. The normalized spacial score (nSPS) is 29.4. The maximum atomic E-state index is 5.94. The quantitative estimate of drug-likeness (QED) is 0.731. The topological polar surface area (TPSA) is 45.6 Å². The first-order valence-corrected chi connectivity index (χ1v) is 7.00. The summed E-state index contributed by atoms with van der Waals surface area (Å²) in [5.74, 6) is 1.67. The fraction of sp³-hybridized carbons (Fsp3) is 0.923. The van der Waals surface area contributed by atoms with Crippen molar-refractivity contribution in [2.45, 2.75) is 45.1 Å². The first-order valence-electron chi connectivity index (χ1n) is 7.00. The number of nitrogens with one attached hydrogen (secondary N) is 2. The molecular formula is C13H25N3O. The first kappa shape index (κ1) is 12.7. The number of rotatable bonds is 4. The molecule has 1 aliphatic heterocycles. The average molecular weight is 239 g/mol. The number of aliphatic imine (C=N–C) groups is 1. The monoisotopic (exact) mass is 239 g/mol.